The summed E-state index contributed by atoms with van der Waals surface area (Å²) in [5.74, 6) is -1.84. The van der Waals surface area contributed by atoms with Crippen molar-refractivity contribution in [3.05, 3.63) is 34.9 Å². The molecule has 0 saturated carbocycles. The highest BCUT2D eigenvalue weighted by atomic mass is 35.5. The number of carboxylic acids is 1. The van der Waals surface area contributed by atoms with E-state index in [0.717, 1.165) is 5.56 Å². The smallest absolute Gasteiger partial charge is 0.304 e. The Kier molecular flexibility index (Phi) is 7.03. The van der Waals surface area contributed by atoms with E-state index in [2.05, 4.69) is 5.32 Å². The zero-order chi connectivity index (χ0) is 19.3. The molecule has 2 rings (SSSR count). The number of carboxylic acid groups (broad SMARTS) is 1. The van der Waals surface area contributed by atoms with E-state index in [4.69, 9.17) is 11.6 Å². The summed E-state index contributed by atoms with van der Waals surface area (Å²) in [5, 5.41) is 12.6. The van der Waals surface area contributed by atoms with Gasteiger partial charge in [-0.15, -0.1) is 0 Å². The molecule has 2 amide bonds. The number of hydrogen-bond donors (Lipinski definition) is 2. The fraction of sp³-hybridized carbons (Fsp3) is 0.526. The first-order valence-electron chi connectivity index (χ1n) is 8.84. The van der Waals surface area contributed by atoms with Gasteiger partial charge in [0, 0.05) is 42.9 Å². The van der Waals surface area contributed by atoms with Crippen molar-refractivity contribution in [2.24, 2.45) is 5.92 Å². The van der Waals surface area contributed by atoms with E-state index < -0.39 is 11.9 Å². The third-order valence-corrected chi connectivity index (χ3v) is 5.09. The number of piperidine rings is 1. The topological polar surface area (TPSA) is 86.7 Å². The zero-order valence-corrected chi connectivity index (χ0v) is 15.8. The van der Waals surface area contributed by atoms with Crippen LogP contribution in [0.5, 0.6) is 0 Å². The van der Waals surface area contributed by atoms with Crippen LogP contribution in [0.3, 0.4) is 0 Å². The number of likely N-dealkylation sites (tertiary alicyclic amines) is 1. The van der Waals surface area contributed by atoms with Crippen molar-refractivity contribution in [3.8, 4) is 0 Å². The van der Waals surface area contributed by atoms with E-state index in [1.54, 1.807) is 11.0 Å². The van der Waals surface area contributed by atoms with Gasteiger partial charge in [0.15, 0.2) is 0 Å². The molecule has 1 aromatic carbocycles. The summed E-state index contributed by atoms with van der Waals surface area (Å²) in [6.45, 7) is 4.24. The summed E-state index contributed by atoms with van der Waals surface area (Å²) in [6.07, 6.45) is 0.968. The molecular formula is C19H25ClN2O4. The normalized spacial score (nSPS) is 21.3. The molecular weight excluding hydrogens is 356 g/mol. The number of rotatable bonds is 7. The lowest BCUT2D eigenvalue weighted by atomic mass is 9.81. The van der Waals surface area contributed by atoms with Crippen LogP contribution >= 0.6 is 11.6 Å². The number of carbonyl (C=O) groups excluding carboxylic acids is 2. The molecule has 6 nitrogen and oxygen atoms in total. The van der Waals surface area contributed by atoms with E-state index in [0.29, 0.717) is 31.0 Å². The van der Waals surface area contributed by atoms with Crippen LogP contribution in [0.15, 0.2) is 24.3 Å². The maximum absolute atomic E-state index is 12.9. The number of nitrogens with zero attached hydrogens (tertiary/aromatic N) is 1. The summed E-state index contributed by atoms with van der Waals surface area (Å²) < 4.78 is 0. The van der Waals surface area contributed by atoms with Crippen LogP contribution in [-0.2, 0) is 14.4 Å². The lowest BCUT2D eigenvalue weighted by Gasteiger charge is -2.41. The quantitative estimate of drug-likeness (QED) is 0.761. The SMILES string of the molecule is CC[C@@H](CNC(C)=O)N1C[C@@H](c2cccc(Cl)c2)C[C@H](CC(=O)O)C1=O. The molecule has 3 atom stereocenters. The van der Waals surface area contributed by atoms with Crippen LogP contribution in [0.2, 0.25) is 5.02 Å². The molecule has 1 aliphatic heterocycles. The first-order chi connectivity index (χ1) is 12.3. The summed E-state index contributed by atoms with van der Waals surface area (Å²) in [6, 6.07) is 7.31. The Morgan fingerprint density at radius 3 is 2.73 bits per heavy atom. The standard InChI is InChI=1S/C19H25ClN2O4/c1-3-17(10-21-12(2)23)22-11-15(13-5-4-6-16(20)8-13)7-14(19(22)26)9-18(24)25/h4-6,8,14-15,17H,3,7,9-11H2,1-2H3,(H,21,23)(H,24,25)/t14-,15+,17+/m1/s1. The van der Waals surface area contributed by atoms with E-state index in [1.165, 1.54) is 6.92 Å². The molecule has 2 N–H and O–H groups in total. The summed E-state index contributed by atoms with van der Waals surface area (Å²) in [4.78, 5) is 37.1. The van der Waals surface area contributed by atoms with Gasteiger partial charge < -0.3 is 15.3 Å². The van der Waals surface area contributed by atoms with Crippen molar-refractivity contribution in [3.63, 3.8) is 0 Å². The Labute approximate surface area is 158 Å². The van der Waals surface area contributed by atoms with E-state index in [1.807, 2.05) is 25.1 Å². The lowest BCUT2D eigenvalue weighted by molar-refractivity contribution is -0.148. The fourth-order valence-electron chi connectivity index (χ4n) is 3.53. The van der Waals surface area contributed by atoms with E-state index in [-0.39, 0.29) is 30.2 Å². The fourth-order valence-corrected chi connectivity index (χ4v) is 3.73. The average molecular weight is 381 g/mol. The van der Waals surface area contributed by atoms with Crippen LogP contribution in [0.4, 0.5) is 0 Å². The van der Waals surface area contributed by atoms with Gasteiger partial charge in [-0.1, -0.05) is 30.7 Å². The first-order valence-corrected chi connectivity index (χ1v) is 9.21. The predicted octanol–water partition coefficient (Wildman–Crippen LogP) is 2.66. The minimum Gasteiger partial charge on any atom is -0.481 e. The average Bonchev–Trinajstić information content (AvgIpc) is 2.57. The maximum atomic E-state index is 12.9. The molecule has 1 heterocycles. The zero-order valence-electron chi connectivity index (χ0n) is 15.1. The third-order valence-electron chi connectivity index (χ3n) is 4.86. The second kappa shape index (κ2) is 9.03. The molecule has 7 heteroatoms. The summed E-state index contributed by atoms with van der Waals surface area (Å²) >= 11 is 6.10. The summed E-state index contributed by atoms with van der Waals surface area (Å²) in [5.41, 5.74) is 1.000. The van der Waals surface area contributed by atoms with Crippen LogP contribution in [-0.4, -0.2) is 46.9 Å². The second-order valence-electron chi connectivity index (χ2n) is 6.77. The number of carbonyl (C=O) groups is 3. The van der Waals surface area contributed by atoms with Gasteiger partial charge in [-0.3, -0.25) is 14.4 Å². The highest BCUT2D eigenvalue weighted by molar-refractivity contribution is 6.30. The van der Waals surface area contributed by atoms with Crippen LogP contribution < -0.4 is 5.32 Å². The van der Waals surface area contributed by atoms with Gasteiger partial charge in [-0.2, -0.15) is 0 Å². The van der Waals surface area contributed by atoms with Crippen molar-refractivity contribution in [2.75, 3.05) is 13.1 Å². The molecule has 0 bridgehead atoms. The minimum atomic E-state index is -0.982. The van der Waals surface area contributed by atoms with Crippen molar-refractivity contribution >= 4 is 29.4 Å². The van der Waals surface area contributed by atoms with Crippen LogP contribution in [0.25, 0.3) is 0 Å². The number of aliphatic carboxylic acids is 1. The van der Waals surface area contributed by atoms with Gasteiger partial charge in [0.25, 0.3) is 0 Å². The maximum Gasteiger partial charge on any atom is 0.304 e. The second-order valence-corrected chi connectivity index (χ2v) is 7.21. The Morgan fingerprint density at radius 1 is 1.42 bits per heavy atom. The van der Waals surface area contributed by atoms with Gasteiger partial charge in [0.2, 0.25) is 11.8 Å². The van der Waals surface area contributed by atoms with Crippen molar-refractivity contribution < 1.29 is 19.5 Å². The molecule has 1 fully saturated rings. The number of nitrogens with one attached hydrogen (secondary N) is 1. The molecule has 1 aliphatic rings. The lowest BCUT2D eigenvalue weighted by Crippen LogP contribution is -2.53. The molecule has 1 aromatic rings. The Bertz CT molecular complexity index is 679. The van der Waals surface area contributed by atoms with Gasteiger partial charge >= 0.3 is 5.97 Å². The van der Waals surface area contributed by atoms with Crippen molar-refractivity contribution in [1.82, 2.24) is 10.2 Å². The highest BCUT2D eigenvalue weighted by Gasteiger charge is 2.38. The van der Waals surface area contributed by atoms with Gasteiger partial charge in [-0.05, 0) is 30.5 Å². The Hall–Kier alpha value is -2.08. The number of amides is 2. The largest absolute Gasteiger partial charge is 0.481 e. The molecule has 1 saturated heterocycles. The van der Waals surface area contributed by atoms with Gasteiger partial charge in [0.1, 0.15) is 0 Å². The van der Waals surface area contributed by atoms with Crippen LogP contribution in [0, 0.1) is 5.92 Å². The minimum absolute atomic E-state index is 0.0159. The number of hydrogen-bond acceptors (Lipinski definition) is 3. The third kappa shape index (κ3) is 5.21. The van der Waals surface area contributed by atoms with Gasteiger partial charge in [0.05, 0.1) is 6.42 Å². The highest BCUT2D eigenvalue weighted by Crippen LogP contribution is 2.35. The van der Waals surface area contributed by atoms with E-state index >= 15 is 0 Å². The Balaban J connectivity index is 2.27. The molecule has 0 spiro atoms. The van der Waals surface area contributed by atoms with Crippen molar-refractivity contribution in [1.29, 1.82) is 0 Å². The predicted molar refractivity (Wildman–Crippen MR) is 99.0 cm³/mol. The molecule has 0 unspecified atom stereocenters. The van der Waals surface area contributed by atoms with Crippen molar-refractivity contribution in [2.45, 2.75) is 45.1 Å². The first kappa shape index (κ1) is 20.2. The molecule has 0 aliphatic carbocycles. The summed E-state index contributed by atoms with van der Waals surface area (Å²) in [7, 11) is 0. The van der Waals surface area contributed by atoms with Crippen LogP contribution in [0.1, 0.15) is 44.6 Å². The Morgan fingerprint density at radius 2 is 2.15 bits per heavy atom. The monoisotopic (exact) mass is 380 g/mol. The van der Waals surface area contributed by atoms with Gasteiger partial charge in [-0.25, -0.2) is 0 Å². The number of benzene rings is 1. The molecule has 142 valence electrons. The molecule has 0 radical (unpaired) electrons. The van der Waals surface area contributed by atoms with E-state index in [9.17, 15) is 19.5 Å². The molecule has 0 aromatic heterocycles. The number of halogens is 1. The molecule has 26 heavy (non-hydrogen) atoms.